The van der Waals surface area contributed by atoms with Crippen LogP contribution in [0.25, 0.3) is 0 Å². The molecule has 1 aliphatic rings. The van der Waals surface area contributed by atoms with Gasteiger partial charge in [-0.15, -0.1) is 0 Å². The minimum atomic E-state index is -3.52. The molecule has 0 atom stereocenters. The summed E-state index contributed by atoms with van der Waals surface area (Å²) in [6.45, 7) is 0.0561. The maximum atomic E-state index is 11.9. The SMILES string of the molecule is O=S(=O)(Cc1ccc(Cl)cc1Cl)NCC1(O)CCC1. The first-order valence-corrected chi connectivity index (χ1v) is 8.34. The summed E-state index contributed by atoms with van der Waals surface area (Å²) in [6, 6.07) is 4.69. The highest BCUT2D eigenvalue weighted by Crippen LogP contribution is 2.31. The molecule has 2 N–H and O–H groups in total. The summed E-state index contributed by atoms with van der Waals surface area (Å²) in [5.74, 6) is -0.223. The molecule has 1 aliphatic carbocycles. The van der Waals surface area contributed by atoms with Crippen molar-refractivity contribution in [1.82, 2.24) is 4.72 Å². The average molecular weight is 324 g/mol. The van der Waals surface area contributed by atoms with Crippen LogP contribution in [0.2, 0.25) is 10.0 Å². The first kappa shape index (κ1) is 15.1. The van der Waals surface area contributed by atoms with Gasteiger partial charge in [-0.3, -0.25) is 0 Å². The van der Waals surface area contributed by atoms with Crippen LogP contribution in [0.1, 0.15) is 24.8 Å². The van der Waals surface area contributed by atoms with E-state index in [1.54, 1.807) is 12.1 Å². The number of rotatable bonds is 5. The Kier molecular flexibility index (Phi) is 4.42. The fraction of sp³-hybridized carbons (Fsp3) is 0.500. The smallest absolute Gasteiger partial charge is 0.215 e. The highest BCUT2D eigenvalue weighted by molar-refractivity contribution is 7.88. The first-order valence-electron chi connectivity index (χ1n) is 5.93. The van der Waals surface area contributed by atoms with Crippen LogP contribution < -0.4 is 4.72 Å². The van der Waals surface area contributed by atoms with Crippen LogP contribution in [0.4, 0.5) is 0 Å². The number of sulfonamides is 1. The molecule has 7 heteroatoms. The Morgan fingerprint density at radius 2 is 2.00 bits per heavy atom. The fourth-order valence-corrected chi connectivity index (χ4v) is 3.71. The van der Waals surface area contributed by atoms with Gasteiger partial charge in [0.25, 0.3) is 0 Å². The summed E-state index contributed by atoms with van der Waals surface area (Å²) in [7, 11) is -3.52. The van der Waals surface area contributed by atoms with Crippen LogP contribution in [-0.2, 0) is 15.8 Å². The number of benzene rings is 1. The summed E-state index contributed by atoms with van der Waals surface area (Å²) in [5.41, 5.74) is -0.393. The van der Waals surface area contributed by atoms with E-state index in [9.17, 15) is 13.5 Å². The second-order valence-electron chi connectivity index (χ2n) is 4.89. The van der Waals surface area contributed by atoms with Crippen LogP contribution >= 0.6 is 23.2 Å². The van der Waals surface area contributed by atoms with Gasteiger partial charge in [0.15, 0.2) is 0 Å². The molecule has 1 fully saturated rings. The molecule has 0 radical (unpaired) electrons. The molecule has 0 bridgehead atoms. The lowest BCUT2D eigenvalue weighted by Gasteiger charge is -2.36. The minimum Gasteiger partial charge on any atom is -0.389 e. The summed E-state index contributed by atoms with van der Waals surface area (Å²) in [4.78, 5) is 0. The van der Waals surface area contributed by atoms with Gasteiger partial charge in [0.2, 0.25) is 10.0 Å². The third-order valence-corrected chi connectivity index (χ3v) is 5.13. The van der Waals surface area contributed by atoms with Crippen molar-refractivity contribution in [1.29, 1.82) is 0 Å². The summed E-state index contributed by atoms with van der Waals surface area (Å²) in [5, 5.41) is 10.6. The van der Waals surface area contributed by atoms with Crippen LogP contribution in [0.5, 0.6) is 0 Å². The second-order valence-corrected chi connectivity index (χ2v) is 7.54. The van der Waals surface area contributed by atoms with E-state index in [0.29, 0.717) is 28.5 Å². The molecule has 0 heterocycles. The highest BCUT2D eigenvalue weighted by atomic mass is 35.5. The van der Waals surface area contributed by atoms with Crippen molar-refractivity contribution in [2.45, 2.75) is 30.6 Å². The molecular weight excluding hydrogens is 309 g/mol. The lowest BCUT2D eigenvalue weighted by molar-refractivity contribution is -0.0271. The van der Waals surface area contributed by atoms with Crippen LogP contribution in [0, 0.1) is 0 Å². The minimum absolute atomic E-state index is 0.0561. The van der Waals surface area contributed by atoms with Crippen molar-refractivity contribution >= 4 is 33.2 Å². The first-order chi connectivity index (χ1) is 8.80. The van der Waals surface area contributed by atoms with Gasteiger partial charge in [-0.25, -0.2) is 13.1 Å². The molecule has 0 unspecified atom stereocenters. The summed E-state index contributed by atoms with van der Waals surface area (Å²) in [6.07, 6.45) is 2.20. The van der Waals surface area contributed by atoms with E-state index in [0.717, 1.165) is 6.42 Å². The monoisotopic (exact) mass is 323 g/mol. The van der Waals surface area contributed by atoms with Crippen molar-refractivity contribution in [2.24, 2.45) is 0 Å². The molecule has 106 valence electrons. The molecule has 1 aromatic carbocycles. The van der Waals surface area contributed by atoms with E-state index in [1.807, 2.05) is 0 Å². The summed E-state index contributed by atoms with van der Waals surface area (Å²) >= 11 is 11.7. The van der Waals surface area contributed by atoms with E-state index < -0.39 is 15.6 Å². The zero-order valence-corrected chi connectivity index (χ0v) is 12.5. The quantitative estimate of drug-likeness (QED) is 0.873. The predicted molar refractivity (Wildman–Crippen MR) is 75.9 cm³/mol. The molecule has 0 aromatic heterocycles. The van der Waals surface area contributed by atoms with E-state index >= 15 is 0 Å². The van der Waals surface area contributed by atoms with Crippen molar-refractivity contribution < 1.29 is 13.5 Å². The number of aliphatic hydroxyl groups is 1. The van der Waals surface area contributed by atoms with Crippen LogP contribution in [0.15, 0.2) is 18.2 Å². The van der Waals surface area contributed by atoms with Crippen LogP contribution in [-0.4, -0.2) is 25.7 Å². The Morgan fingerprint density at radius 1 is 1.32 bits per heavy atom. The number of hydrogen-bond donors (Lipinski definition) is 2. The molecule has 2 rings (SSSR count). The standard InChI is InChI=1S/C12H15Cl2NO3S/c13-10-3-2-9(11(14)6-10)7-19(17,18)15-8-12(16)4-1-5-12/h2-3,6,15-16H,1,4-5,7-8H2. The topological polar surface area (TPSA) is 66.4 Å². The Hall–Kier alpha value is -0.330. The van der Waals surface area contributed by atoms with Crippen molar-refractivity contribution in [3.63, 3.8) is 0 Å². The maximum Gasteiger partial charge on any atom is 0.215 e. The predicted octanol–water partition coefficient (Wildman–Crippen LogP) is 2.33. The van der Waals surface area contributed by atoms with Gasteiger partial charge in [-0.2, -0.15) is 0 Å². The molecule has 0 spiro atoms. The van der Waals surface area contributed by atoms with Gasteiger partial charge in [0.05, 0.1) is 11.4 Å². The largest absolute Gasteiger partial charge is 0.389 e. The Bertz CT molecular complexity index is 570. The lowest BCUT2D eigenvalue weighted by Crippen LogP contribution is -2.47. The molecule has 1 aromatic rings. The second kappa shape index (κ2) is 5.58. The highest BCUT2D eigenvalue weighted by Gasteiger charge is 2.35. The van der Waals surface area contributed by atoms with Gasteiger partial charge < -0.3 is 5.11 Å². The van der Waals surface area contributed by atoms with Gasteiger partial charge in [0, 0.05) is 16.6 Å². The molecule has 4 nitrogen and oxygen atoms in total. The van der Waals surface area contributed by atoms with Gasteiger partial charge >= 0.3 is 0 Å². The van der Waals surface area contributed by atoms with E-state index in [1.165, 1.54) is 6.07 Å². The zero-order valence-electron chi connectivity index (χ0n) is 10.2. The Morgan fingerprint density at radius 3 is 2.53 bits per heavy atom. The molecule has 0 aliphatic heterocycles. The van der Waals surface area contributed by atoms with Crippen molar-refractivity contribution in [2.75, 3.05) is 6.54 Å². The van der Waals surface area contributed by atoms with Gasteiger partial charge in [-0.05, 0) is 37.0 Å². The summed E-state index contributed by atoms with van der Waals surface area (Å²) < 4.78 is 26.2. The van der Waals surface area contributed by atoms with Crippen LogP contribution in [0.3, 0.4) is 0 Å². The number of halogens is 2. The van der Waals surface area contributed by atoms with E-state index in [-0.39, 0.29) is 12.3 Å². The fourth-order valence-electron chi connectivity index (χ4n) is 1.90. The van der Waals surface area contributed by atoms with Gasteiger partial charge in [-0.1, -0.05) is 29.3 Å². The van der Waals surface area contributed by atoms with Gasteiger partial charge in [0.1, 0.15) is 0 Å². The number of nitrogens with one attached hydrogen (secondary N) is 1. The normalized spacial score (nSPS) is 18.1. The third kappa shape index (κ3) is 4.07. The molecule has 19 heavy (non-hydrogen) atoms. The molecule has 0 saturated heterocycles. The molecule has 1 saturated carbocycles. The lowest BCUT2D eigenvalue weighted by atomic mass is 9.81. The van der Waals surface area contributed by atoms with E-state index in [4.69, 9.17) is 23.2 Å². The average Bonchev–Trinajstić information content (AvgIpc) is 2.28. The van der Waals surface area contributed by atoms with Crippen molar-refractivity contribution in [3.05, 3.63) is 33.8 Å². The third-order valence-electron chi connectivity index (χ3n) is 3.27. The Labute approximate surface area is 122 Å². The Balaban J connectivity index is 2.00. The molecular formula is C12H15Cl2NO3S. The van der Waals surface area contributed by atoms with E-state index in [2.05, 4.69) is 4.72 Å². The molecule has 0 amide bonds. The zero-order chi connectivity index (χ0) is 14.1. The maximum absolute atomic E-state index is 11.9. The number of hydrogen-bond acceptors (Lipinski definition) is 3. The van der Waals surface area contributed by atoms with Crippen molar-refractivity contribution in [3.8, 4) is 0 Å².